The summed E-state index contributed by atoms with van der Waals surface area (Å²) in [7, 11) is 1.67. The third-order valence-corrected chi connectivity index (χ3v) is 3.30. The topological polar surface area (TPSA) is 27.7 Å². The third-order valence-electron chi connectivity index (χ3n) is 3.30. The van der Waals surface area contributed by atoms with E-state index in [0.717, 1.165) is 22.3 Å². The minimum atomic E-state index is -0.00132. The predicted molar refractivity (Wildman–Crippen MR) is 104 cm³/mol. The van der Waals surface area contributed by atoms with Crippen LogP contribution in [0.2, 0.25) is 0 Å². The molecule has 0 bridgehead atoms. The van der Waals surface area contributed by atoms with Crippen molar-refractivity contribution >= 4 is 11.1 Å². The van der Waals surface area contributed by atoms with Crippen LogP contribution in [0, 0.1) is 0 Å². The molecule has 0 aliphatic rings. The molecule has 136 valence electrons. The number of allylic oxidation sites excluding steroid dienone is 2. The van der Waals surface area contributed by atoms with E-state index in [2.05, 4.69) is 24.8 Å². The first-order chi connectivity index (χ1) is 11.4. The van der Waals surface area contributed by atoms with E-state index >= 15 is 0 Å². The molecule has 1 rings (SSSR count). The SMILES string of the molecule is C=C(C)c1cccc(/C(C)=C/OC(C)COC(C)COC)c1.CC. The van der Waals surface area contributed by atoms with Gasteiger partial charge in [0, 0.05) is 7.11 Å². The van der Waals surface area contributed by atoms with E-state index in [0.29, 0.717) is 13.2 Å². The molecule has 24 heavy (non-hydrogen) atoms. The lowest BCUT2D eigenvalue weighted by atomic mass is 10.0. The second-order valence-electron chi connectivity index (χ2n) is 5.71. The number of rotatable bonds is 9. The van der Waals surface area contributed by atoms with Crippen LogP contribution in [0.5, 0.6) is 0 Å². The average Bonchev–Trinajstić information content (AvgIpc) is 2.60. The van der Waals surface area contributed by atoms with Gasteiger partial charge in [-0.05, 0) is 50.5 Å². The highest BCUT2D eigenvalue weighted by atomic mass is 16.5. The van der Waals surface area contributed by atoms with E-state index in [1.165, 1.54) is 0 Å². The van der Waals surface area contributed by atoms with Crippen molar-refractivity contribution < 1.29 is 14.2 Å². The number of hydrogen-bond donors (Lipinski definition) is 0. The Hall–Kier alpha value is -1.58. The van der Waals surface area contributed by atoms with E-state index in [9.17, 15) is 0 Å². The normalized spacial score (nSPS) is 13.5. The van der Waals surface area contributed by atoms with Crippen molar-refractivity contribution in [3.8, 4) is 0 Å². The summed E-state index contributed by atoms with van der Waals surface area (Å²) < 4.78 is 16.4. The number of hydrogen-bond acceptors (Lipinski definition) is 3. The first-order valence-electron chi connectivity index (χ1n) is 8.63. The van der Waals surface area contributed by atoms with Gasteiger partial charge in [0.05, 0.1) is 25.6 Å². The number of benzene rings is 1. The van der Waals surface area contributed by atoms with Gasteiger partial charge in [-0.1, -0.05) is 44.2 Å². The zero-order chi connectivity index (χ0) is 18.5. The monoisotopic (exact) mass is 334 g/mol. The van der Waals surface area contributed by atoms with Gasteiger partial charge < -0.3 is 14.2 Å². The predicted octanol–water partition coefficient (Wildman–Crippen LogP) is 5.56. The summed E-state index contributed by atoms with van der Waals surface area (Å²) >= 11 is 0. The molecule has 0 radical (unpaired) electrons. The summed E-state index contributed by atoms with van der Waals surface area (Å²) in [6.07, 6.45) is 1.87. The first kappa shape index (κ1) is 22.4. The summed E-state index contributed by atoms with van der Waals surface area (Å²) in [6.45, 7) is 17.1. The smallest absolute Gasteiger partial charge is 0.118 e. The molecule has 0 saturated carbocycles. The van der Waals surface area contributed by atoms with Gasteiger partial charge in [-0.15, -0.1) is 0 Å². The van der Waals surface area contributed by atoms with Gasteiger partial charge in [0.25, 0.3) is 0 Å². The second-order valence-corrected chi connectivity index (χ2v) is 5.71. The molecule has 3 nitrogen and oxygen atoms in total. The molecule has 0 aliphatic heterocycles. The summed E-state index contributed by atoms with van der Waals surface area (Å²) in [6, 6.07) is 8.30. The Morgan fingerprint density at radius 2 is 1.71 bits per heavy atom. The molecule has 0 spiro atoms. The van der Waals surface area contributed by atoms with Gasteiger partial charge in [0.1, 0.15) is 6.10 Å². The van der Waals surface area contributed by atoms with Crippen LogP contribution in [0.25, 0.3) is 11.1 Å². The Kier molecular flexibility index (Phi) is 12.0. The molecule has 0 N–H and O–H groups in total. The highest BCUT2D eigenvalue weighted by Gasteiger charge is 2.07. The zero-order valence-electron chi connectivity index (χ0n) is 16.4. The van der Waals surface area contributed by atoms with Gasteiger partial charge in [-0.3, -0.25) is 0 Å². The van der Waals surface area contributed by atoms with Crippen LogP contribution < -0.4 is 0 Å². The molecule has 0 aromatic heterocycles. The second kappa shape index (κ2) is 12.8. The Bertz CT molecular complexity index is 506. The molecule has 1 aromatic rings. The lowest BCUT2D eigenvalue weighted by Crippen LogP contribution is -2.21. The van der Waals surface area contributed by atoms with Crippen molar-refractivity contribution in [1.82, 2.24) is 0 Å². The van der Waals surface area contributed by atoms with Crippen molar-refractivity contribution in [2.24, 2.45) is 0 Å². The average molecular weight is 335 g/mol. The Morgan fingerprint density at radius 3 is 2.29 bits per heavy atom. The summed E-state index contributed by atoms with van der Waals surface area (Å²) in [5, 5.41) is 0. The molecule has 2 unspecified atom stereocenters. The molecule has 0 heterocycles. The van der Waals surface area contributed by atoms with Crippen molar-refractivity contribution in [2.45, 2.75) is 53.8 Å². The summed E-state index contributed by atoms with van der Waals surface area (Å²) in [5.41, 5.74) is 4.43. The Labute approximate surface area is 148 Å². The van der Waals surface area contributed by atoms with Crippen LogP contribution in [0.1, 0.15) is 52.7 Å². The highest BCUT2D eigenvalue weighted by Crippen LogP contribution is 2.19. The van der Waals surface area contributed by atoms with Gasteiger partial charge in [0.2, 0.25) is 0 Å². The number of methoxy groups -OCH3 is 1. The van der Waals surface area contributed by atoms with E-state index in [1.54, 1.807) is 13.4 Å². The lowest BCUT2D eigenvalue weighted by molar-refractivity contribution is -0.0302. The van der Waals surface area contributed by atoms with Gasteiger partial charge in [-0.2, -0.15) is 0 Å². The zero-order valence-corrected chi connectivity index (χ0v) is 16.4. The molecular weight excluding hydrogens is 300 g/mol. The van der Waals surface area contributed by atoms with E-state index < -0.39 is 0 Å². The van der Waals surface area contributed by atoms with Crippen LogP contribution in [0.4, 0.5) is 0 Å². The molecular formula is C21H34O3. The van der Waals surface area contributed by atoms with Crippen molar-refractivity contribution in [3.63, 3.8) is 0 Å². The van der Waals surface area contributed by atoms with E-state index in [-0.39, 0.29) is 12.2 Å². The van der Waals surface area contributed by atoms with Crippen LogP contribution in [0.15, 0.2) is 37.1 Å². The molecule has 0 aliphatic carbocycles. The standard InChI is InChI=1S/C19H28O3.C2H6/c1-14(2)18-8-7-9-19(10-18)15(3)11-21-17(5)13-22-16(4)12-20-6;1-2/h7-11,16-17H,1,12-13H2,2-6H3;1-2H3/b15-11+;. The van der Waals surface area contributed by atoms with Crippen molar-refractivity contribution in [3.05, 3.63) is 48.2 Å². The highest BCUT2D eigenvalue weighted by molar-refractivity contribution is 5.69. The molecule has 0 saturated heterocycles. The minimum Gasteiger partial charge on any atom is -0.496 e. The van der Waals surface area contributed by atoms with Crippen molar-refractivity contribution in [2.75, 3.05) is 20.3 Å². The van der Waals surface area contributed by atoms with Crippen LogP contribution in [-0.2, 0) is 14.2 Å². The van der Waals surface area contributed by atoms with Gasteiger partial charge in [-0.25, -0.2) is 0 Å². The Morgan fingerprint density at radius 1 is 1.08 bits per heavy atom. The van der Waals surface area contributed by atoms with E-state index in [4.69, 9.17) is 14.2 Å². The first-order valence-corrected chi connectivity index (χ1v) is 8.63. The lowest BCUT2D eigenvalue weighted by Gasteiger charge is -2.17. The minimum absolute atomic E-state index is 0.00132. The molecule has 1 aromatic carbocycles. The fraction of sp³-hybridized carbons (Fsp3) is 0.524. The summed E-state index contributed by atoms with van der Waals surface area (Å²) in [5.74, 6) is 0. The number of ether oxygens (including phenoxy) is 3. The maximum Gasteiger partial charge on any atom is 0.118 e. The third kappa shape index (κ3) is 8.90. The van der Waals surface area contributed by atoms with Crippen LogP contribution >= 0.6 is 0 Å². The molecule has 0 fully saturated rings. The van der Waals surface area contributed by atoms with Gasteiger partial charge in [0.15, 0.2) is 0 Å². The van der Waals surface area contributed by atoms with Crippen LogP contribution in [-0.4, -0.2) is 32.5 Å². The maximum absolute atomic E-state index is 5.74. The van der Waals surface area contributed by atoms with Crippen LogP contribution in [0.3, 0.4) is 0 Å². The maximum atomic E-state index is 5.74. The summed E-state index contributed by atoms with van der Waals surface area (Å²) in [4.78, 5) is 0. The Balaban J connectivity index is 0.00000254. The fourth-order valence-corrected chi connectivity index (χ4v) is 1.94. The van der Waals surface area contributed by atoms with Gasteiger partial charge >= 0.3 is 0 Å². The molecule has 0 amide bonds. The molecule has 2 atom stereocenters. The quantitative estimate of drug-likeness (QED) is 0.553. The fourth-order valence-electron chi connectivity index (χ4n) is 1.94. The largest absolute Gasteiger partial charge is 0.496 e. The van der Waals surface area contributed by atoms with Crippen molar-refractivity contribution in [1.29, 1.82) is 0 Å². The van der Waals surface area contributed by atoms with E-state index in [1.807, 2.05) is 47.6 Å². The molecule has 3 heteroatoms.